The largest absolute Gasteiger partial charge is 0.306 e. The van der Waals surface area contributed by atoms with E-state index in [0.717, 1.165) is 32.4 Å². The number of carbonyl (C=O) groups is 2. The highest BCUT2D eigenvalue weighted by atomic mass is 16.2. The van der Waals surface area contributed by atoms with Crippen LogP contribution in [0.2, 0.25) is 0 Å². The van der Waals surface area contributed by atoms with Crippen molar-refractivity contribution in [3.05, 3.63) is 0 Å². The summed E-state index contributed by atoms with van der Waals surface area (Å²) in [5.74, 6) is -0.204. The molecule has 4 heteroatoms. The number of nitrogens with zero attached hydrogens (tertiary/aromatic N) is 1. The summed E-state index contributed by atoms with van der Waals surface area (Å²) >= 11 is 0. The summed E-state index contributed by atoms with van der Waals surface area (Å²) in [7, 11) is 2.11. The minimum Gasteiger partial charge on any atom is -0.306 e. The molecule has 2 fully saturated rings. The first-order valence-corrected chi connectivity index (χ1v) is 6.06. The van der Waals surface area contributed by atoms with E-state index in [4.69, 9.17) is 0 Å². The first kappa shape index (κ1) is 11.6. The van der Waals surface area contributed by atoms with Gasteiger partial charge in [0.1, 0.15) is 0 Å². The van der Waals surface area contributed by atoms with Crippen LogP contribution in [0.15, 0.2) is 0 Å². The fourth-order valence-corrected chi connectivity index (χ4v) is 3.00. The molecule has 0 aromatic carbocycles. The van der Waals surface area contributed by atoms with Crippen LogP contribution in [0.4, 0.5) is 0 Å². The monoisotopic (exact) mass is 224 g/mol. The average molecular weight is 224 g/mol. The summed E-state index contributed by atoms with van der Waals surface area (Å²) in [6.07, 6.45) is 3.57. The number of hydrogen-bond donors (Lipinski definition) is 1. The topological polar surface area (TPSA) is 49.4 Å². The molecule has 2 amide bonds. The zero-order valence-corrected chi connectivity index (χ0v) is 10.1. The van der Waals surface area contributed by atoms with Crippen LogP contribution in [-0.2, 0) is 9.59 Å². The summed E-state index contributed by atoms with van der Waals surface area (Å²) < 4.78 is 0. The number of nitrogens with one attached hydrogen (secondary N) is 1. The van der Waals surface area contributed by atoms with Gasteiger partial charge in [0.15, 0.2) is 0 Å². The number of imide groups is 1. The molecule has 2 aliphatic rings. The molecule has 1 spiro atoms. The molecule has 2 rings (SSSR count). The molecule has 0 bridgehead atoms. The Kier molecular flexibility index (Phi) is 3.02. The highest BCUT2D eigenvalue weighted by Gasteiger charge is 2.45. The standard InChI is InChI=1S/C12H20N2O2/c1-9-11(16)13-10(15)8-12(9)4-3-6-14(2)7-5-12/h9H,3-8H2,1-2H3,(H,13,15,16). The maximum Gasteiger partial charge on any atom is 0.229 e. The van der Waals surface area contributed by atoms with Crippen molar-refractivity contribution in [3.63, 3.8) is 0 Å². The van der Waals surface area contributed by atoms with Gasteiger partial charge >= 0.3 is 0 Å². The number of hydrogen-bond acceptors (Lipinski definition) is 3. The van der Waals surface area contributed by atoms with Crippen LogP contribution in [0.1, 0.15) is 32.6 Å². The van der Waals surface area contributed by atoms with E-state index in [9.17, 15) is 9.59 Å². The Morgan fingerprint density at radius 3 is 2.81 bits per heavy atom. The smallest absolute Gasteiger partial charge is 0.229 e. The van der Waals surface area contributed by atoms with E-state index in [1.165, 1.54) is 0 Å². The van der Waals surface area contributed by atoms with Crippen LogP contribution in [0.5, 0.6) is 0 Å². The first-order chi connectivity index (χ1) is 7.53. The number of rotatable bonds is 0. The lowest BCUT2D eigenvalue weighted by Gasteiger charge is -2.40. The first-order valence-electron chi connectivity index (χ1n) is 6.06. The molecule has 2 unspecified atom stereocenters. The maximum absolute atomic E-state index is 11.7. The van der Waals surface area contributed by atoms with Crippen molar-refractivity contribution >= 4 is 11.8 Å². The van der Waals surface area contributed by atoms with Gasteiger partial charge in [-0.3, -0.25) is 14.9 Å². The molecular weight excluding hydrogens is 204 g/mol. The molecule has 0 saturated carbocycles. The molecule has 0 radical (unpaired) electrons. The minimum absolute atomic E-state index is 0.0308. The van der Waals surface area contributed by atoms with Crippen molar-refractivity contribution in [2.75, 3.05) is 20.1 Å². The van der Waals surface area contributed by atoms with Crippen LogP contribution < -0.4 is 5.32 Å². The van der Waals surface area contributed by atoms with Gasteiger partial charge in [0.25, 0.3) is 0 Å². The predicted octanol–water partition coefficient (Wildman–Crippen LogP) is 0.771. The quantitative estimate of drug-likeness (QED) is 0.618. The minimum atomic E-state index is -0.0901. The number of amides is 2. The Balaban J connectivity index is 2.20. The van der Waals surface area contributed by atoms with Crippen molar-refractivity contribution in [1.82, 2.24) is 10.2 Å². The summed E-state index contributed by atoms with van der Waals surface area (Å²) in [5, 5.41) is 2.44. The summed E-state index contributed by atoms with van der Waals surface area (Å²) in [4.78, 5) is 25.6. The van der Waals surface area contributed by atoms with Gasteiger partial charge in [-0.15, -0.1) is 0 Å². The highest BCUT2D eigenvalue weighted by Crippen LogP contribution is 2.43. The van der Waals surface area contributed by atoms with E-state index in [0.29, 0.717) is 6.42 Å². The fraction of sp³-hybridized carbons (Fsp3) is 0.833. The molecule has 16 heavy (non-hydrogen) atoms. The number of likely N-dealkylation sites (tertiary alicyclic amines) is 1. The van der Waals surface area contributed by atoms with Crippen molar-refractivity contribution in [2.45, 2.75) is 32.6 Å². The lowest BCUT2D eigenvalue weighted by molar-refractivity contribution is -0.143. The molecule has 2 heterocycles. The molecule has 2 aliphatic heterocycles. The van der Waals surface area contributed by atoms with Crippen LogP contribution in [0.3, 0.4) is 0 Å². The van der Waals surface area contributed by atoms with Gasteiger partial charge in [-0.25, -0.2) is 0 Å². The van der Waals surface area contributed by atoms with E-state index in [2.05, 4.69) is 17.3 Å². The predicted molar refractivity (Wildman–Crippen MR) is 60.7 cm³/mol. The average Bonchev–Trinajstić information content (AvgIpc) is 2.39. The second kappa shape index (κ2) is 4.17. The van der Waals surface area contributed by atoms with E-state index >= 15 is 0 Å². The Morgan fingerprint density at radius 2 is 2.06 bits per heavy atom. The molecule has 4 nitrogen and oxygen atoms in total. The van der Waals surface area contributed by atoms with Crippen molar-refractivity contribution < 1.29 is 9.59 Å². The van der Waals surface area contributed by atoms with Gasteiger partial charge < -0.3 is 4.90 Å². The van der Waals surface area contributed by atoms with Crippen LogP contribution >= 0.6 is 0 Å². The molecule has 2 saturated heterocycles. The van der Waals surface area contributed by atoms with Gasteiger partial charge in [-0.1, -0.05) is 6.92 Å². The molecule has 2 atom stereocenters. The molecular formula is C12H20N2O2. The second-order valence-corrected chi connectivity index (χ2v) is 5.33. The highest BCUT2D eigenvalue weighted by molar-refractivity contribution is 5.99. The third-order valence-corrected chi connectivity index (χ3v) is 4.29. The second-order valence-electron chi connectivity index (χ2n) is 5.33. The zero-order chi connectivity index (χ0) is 11.8. The lowest BCUT2D eigenvalue weighted by atomic mass is 9.66. The Morgan fingerprint density at radius 1 is 1.31 bits per heavy atom. The Bertz CT molecular complexity index is 316. The lowest BCUT2D eigenvalue weighted by Crippen LogP contribution is -2.51. The Labute approximate surface area is 96.4 Å². The normalized spacial score (nSPS) is 37.2. The summed E-state index contributed by atoms with van der Waals surface area (Å²) in [6, 6.07) is 0. The fourth-order valence-electron chi connectivity index (χ4n) is 3.00. The maximum atomic E-state index is 11.7. The number of carbonyl (C=O) groups excluding carboxylic acids is 2. The van der Waals surface area contributed by atoms with Crippen LogP contribution in [0.25, 0.3) is 0 Å². The van der Waals surface area contributed by atoms with E-state index in [1.807, 2.05) is 6.92 Å². The number of piperidine rings is 1. The summed E-state index contributed by atoms with van der Waals surface area (Å²) in [6.45, 7) is 4.03. The van der Waals surface area contributed by atoms with Crippen molar-refractivity contribution in [1.29, 1.82) is 0 Å². The van der Waals surface area contributed by atoms with E-state index < -0.39 is 0 Å². The zero-order valence-electron chi connectivity index (χ0n) is 10.1. The molecule has 0 aromatic rings. The van der Waals surface area contributed by atoms with E-state index in [-0.39, 0.29) is 23.1 Å². The van der Waals surface area contributed by atoms with Gasteiger partial charge in [-0.2, -0.15) is 0 Å². The van der Waals surface area contributed by atoms with Crippen molar-refractivity contribution in [2.24, 2.45) is 11.3 Å². The Hall–Kier alpha value is -0.900. The summed E-state index contributed by atoms with van der Waals surface area (Å²) in [5.41, 5.74) is -0.0792. The van der Waals surface area contributed by atoms with E-state index in [1.54, 1.807) is 0 Å². The SMILES string of the molecule is CC1C(=O)NC(=O)CC12CCCN(C)CC2. The van der Waals surface area contributed by atoms with Gasteiger partial charge in [0.2, 0.25) is 11.8 Å². The molecule has 0 aliphatic carbocycles. The molecule has 1 N–H and O–H groups in total. The van der Waals surface area contributed by atoms with Crippen molar-refractivity contribution in [3.8, 4) is 0 Å². The molecule has 0 aromatic heterocycles. The van der Waals surface area contributed by atoms with Gasteiger partial charge in [0, 0.05) is 12.3 Å². The molecule has 90 valence electrons. The third-order valence-electron chi connectivity index (χ3n) is 4.29. The van der Waals surface area contributed by atoms with Gasteiger partial charge in [-0.05, 0) is 44.8 Å². The van der Waals surface area contributed by atoms with Gasteiger partial charge in [0.05, 0.1) is 0 Å². The third kappa shape index (κ3) is 1.98. The van der Waals surface area contributed by atoms with Crippen LogP contribution in [0, 0.1) is 11.3 Å². The van der Waals surface area contributed by atoms with Crippen LogP contribution in [-0.4, -0.2) is 36.9 Å².